The predicted octanol–water partition coefficient (Wildman–Crippen LogP) is 3.11. The summed E-state index contributed by atoms with van der Waals surface area (Å²) in [6.45, 7) is 3.58. The molecule has 1 saturated heterocycles. The van der Waals surface area contributed by atoms with Gasteiger partial charge in [-0.2, -0.15) is 0 Å². The molecule has 1 heterocycles. The van der Waals surface area contributed by atoms with Crippen molar-refractivity contribution in [1.82, 2.24) is 5.32 Å². The minimum atomic E-state index is 0.283. The Morgan fingerprint density at radius 1 is 1.56 bits per heavy atom. The minimum Gasteiger partial charge on any atom is -0.376 e. The number of hydrogen-bond acceptors (Lipinski definition) is 2. The summed E-state index contributed by atoms with van der Waals surface area (Å²) in [7, 11) is 0. The number of ether oxygens (including phenoxy) is 1. The maximum atomic E-state index is 6.05. The van der Waals surface area contributed by atoms with Gasteiger partial charge in [0.15, 0.2) is 5.11 Å². The Morgan fingerprint density at radius 3 is 3.11 bits per heavy atom. The number of thiocarbonyl (C=S) groups is 1. The van der Waals surface area contributed by atoms with Crippen molar-refractivity contribution in [2.45, 2.75) is 25.9 Å². The lowest BCUT2D eigenvalue weighted by Crippen LogP contribution is -2.34. The van der Waals surface area contributed by atoms with E-state index in [1.54, 1.807) is 0 Å². The molecule has 3 nitrogen and oxygen atoms in total. The van der Waals surface area contributed by atoms with E-state index in [2.05, 4.69) is 10.6 Å². The lowest BCUT2D eigenvalue weighted by atomic mass is 10.2. The van der Waals surface area contributed by atoms with Crippen LogP contribution in [0.1, 0.15) is 18.4 Å². The van der Waals surface area contributed by atoms with Crippen LogP contribution in [0.4, 0.5) is 5.69 Å². The third-order valence-corrected chi connectivity index (χ3v) is 3.69. The molecule has 1 aliphatic rings. The van der Waals surface area contributed by atoms with Gasteiger partial charge in [-0.05, 0) is 49.7 Å². The summed E-state index contributed by atoms with van der Waals surface area (Å²) in [5.41, 5.74) is 1.94. The molecule has 0 aromatic heterocycles. The predicted molar refractivity (Wildman–Crippen MR) is 79.4 cm³/mol. The van der Waals surface area contributed by atoms with Crippen molar-refractivity contribution >= 4 is 34.6 Å². The largest absolute Gasteiger partial charge is 0.376 e. The third-order valence-electron chi connectivity index (χ3n) is 3.03. The van der Waals surface area contributed by atoms with Crippen molar-refractivity contribution in [1.29, 1.82) is 0 Å². The maximum Gasteiger partial charge on any atom is 0.170 e. The van der Waals surface area contributed by atoms with E-state index in [-0.39, 0.29) is 6.10 Å². The summed E-state index contributed by atoms with van der Waals surface area (Å²) < 4.78 is 5.53. The van der Waals surface area contributed by atoms with Crippen LogP contribution < -0.4 is 10.6 Å². The summed E-state index contributed by atoms with van der Waals surface area (Å²) in [5, 5.41) is 7.67. The van der Waals surface area contributed by atoms with Gasteiger partial charge in [0.25, 0.3) is 0 Å². The van der Waals surface area contributed by atoms with Crippen LogP contribution in [0, 0.1) is 6.92 Å². The van der Waals surface area contributed by atoms with E-state index in [0.717, 1.165) is 42.3 Å². The highest BCUT2D eigenvalue weighted by Crippen LogP contribution is 2.22. The molecule has 5 heteroatoms. The molecule has 1 aromatic carbocycles. The fraction of sp³-hybridized carbons (Fsp3) is 0.462. The summed E-state index contributed by atoms with van der Waals surface area (Å²) in [4.78, 5) is 0. The summed E-state index contributed by atoms with van der Waals surface area (Å²) >= 11 is 11.3. The molecule has 98 valence electrons. The summed E-state index contributed by atoms with van der Waals surface area (Å²) in [6, 6.07) is 5.73. The Hall–Kier alpha value is -0.840. The number of anilines is 1. The molecule has 0 radical (unpaired) electrons. The van der Waals surface area contributed by atoms with Gasteiger partial charge in [-0.15, -0.1) is 0 Å². The third kappa shape index (κ3) is 3.57. The number of nitrogens with one attached hydrogen (secondary N) is 2. The molecule has 0 amide bonds. The van der Waals surface area contributed by atoms with Crippen molar-refractivity contribution in [3.8, 4) is 0 Å². The molecule has 1 unspecified atom stereocenters. The van der Waals surface area contributed by atoms with Crippen LogP contribution in [0.15, 0.2) is 18.2 Å². The summed E-state index contributed by atoms with van der Waals surface area (Å²) in [6.07, 6.45) is 2.52. The molecule has 1 fully saturated rings. The number of hydrogen-bond donors (Lipinski definition) is 2. The van der Waals surface area contributed by atoms with Gasteiger partial charge in [-0.25, -0.2) is 0 Å². The average molecular weight is 285 g/mol. The highest BCUT2D eigenvalue weighted by Gasteiger charge is 2.15. The van der Waals surface area contributed by atoms with Crippen LogP contribution in [0.25, 0.3) is 0 Å². The standard InChI is InChI=1S/C13H17ClN2OS/c1-9-11(14)5-2-6-12(9)16-13(18)15-8-10-4-3-7-17-10/h2,5-6,10H,3-4,7-8H2,1H3,(H2,15,16,18). The number of halogens is 1. The van der Waals surface area contributed by atoms with E-state index in [9.17, 15) is 0 Å². The van der Waals surface area contributed by atoms with Gasteiger partial charge in [0.2, 0.25) is 0 Å². The fourth-order valence-electron chi connectivity index (χ4n) is 1.92. The molecule has 1 atom stereocenters. The van der Waals surface area contributed by atoms with E-state index in [1.807, 2.05) is 25.1 Å². The van der Waals surface area contributed by atoms with Crippen LogP contribution in [0.3, 0.4) is 0 Å². The Kier molecular flexibility index (Phi) is 4.80. The Labute approximate surface area is 118 Å². The van der Waals surface area contributed by atoms with Gasteiger partial charge in [0.05, 0.1) is 6.10 Å². The minimum absolute atomic E-state index is 0.283. The van der Waals surface area contributed by atoms with Gasteiger partial charge in [0, 0.05) is 23.9 Å². The molecule has 2 N–H and O–H groups in total. The second-order valence-electron chi connectivity index (χ2n) is 4.38. The van der Waals surface area contributed by atoms with Gasteiger partial charge in [0.1, 0.15) is 0 Å². The smallest absolute Gasteiger partial charge is 0.170 e. The topological polar surface area (TPSA) is 33.3 Å². The lowest BCUT2D eigenvalue weighted by molar-refractivity contribution is 0.114. The first-order valence-electron chi connectivity index (χ1n) is 6.08. The molecule has 0 saturated carbocycles. The molecule has 2 rings (SSSR count). The van der Waals surface area contributed by atoms with Crippen molar-refractivity contribution < 1.29 is 4.74 Å². The second kappa shape index (κ2) is 6.36. The monoisotopic (exact) mass is 284 g/mol. The zero-order valence-electron chi connectivity index (χ0n) is 10.3. The molecule has 18 heavy (non-hydrogen) atoms. The van der Waals surface area contributed by atoms with Crippen molar-refractivity contribution in [2.75, 3.05) is 18.5 Å². The van der Waals surface area contributed by atoms with E-state index in [0.29, 0.717) is 5.11 Å². The van der Waals surface area contributed by atoms with Crippen molar-refractivity contribution in [3.05, 3.63) is 28.8 Å². The first-order chi connectivity index (χ1) is 8.66. The van der Waals surface area contributed by atoms with Gasteiger partial charge < -0.3 is 15.4 Å². The molecular weight excluding hydrogens is 268 g/mol. The van der Waals surface area contributed by atoms with Crippen LogP contribution in [0.2, 0.25) is 5.02 Å². The molecule has 1 aromatic rings. The molecule has 0 spiro atoms. The number of rotatable bonds is 3. The first kappa shape index (κ1) is 13.6. The van der Waals surface area contributed by atoms with Crippen LogP contribution >= 0.6 is 23.8 Å². The second-order valence-corrected chi connectivity index (χ2v) is 5.20. The van der Waals surface area contributed by atoms with E-state index in [1.165, 1.54) is 0 Å². The molecule has 0 bridgehead atoms. The van der Waals surface area contributed by atoms with Crippen LogP contribution in [-0.2, 0) is 4.74 Å². The number of benzene rings is 1. The van der Waals surface area contributed by atoms with Crippen molar-refractivity contribution in [3.63, 3.8) is 0 Å². The SMILES string of the molecule is Cc1c(Cl)cccc1NC(=S)NCC1CCCO1. The summed E-state index contributed by atoms with van der Waals surface area (Å²) in [5.74, 6) is 0. The van der Waals surface area contributed by atoms with Crippen LogP contribution in [-0.4, -0.2) is 24.4 Å². The van der Waals surface area contributed by atoms with Crippen LogP contribution in [0.5, 0.6) is 0 Å². The maximum absolute atomic E-state index is 6.05. The fourth-order valence-corrected chi connectivity index (χ4v) is 2.29. The molecule has 1 aliphatic heterocycles. The highest BCUT2D eigenvalue weighted by atomic mass is 35.5. The van der Waals surface area contributed by atoms with E-state index >= 15 is 0 Å². The zero-order chi connectivity index (χ0) is 13.0. The average Bonchev–Trinajstić information content (AvgIpc) is 2.86. The highest BCUT2D eigenvalue weighted by molar-refractivity contribution is 7.80. The molecule has 0 aliphatic carbocycles. The first-order valence-corrected chi connectivity index (χ1v) is 6.87. The normalized spacial score (nSPS) is 18.7. The Morgan fingerprint density at radius 2 is 2.39 bits per heavy atom. The zero-order valence-corrected chi connectivity index (χ0v) is 11.9. The van der Waals surface area contributed by atoms with Crippen molar-refractivity contribution in [2.24, 2.45) is 0 Å². The van der Waals surface area contributed by atoms with Gasteiger partial charge in [-0.1, -0.05) is 17.7 Å². The van der Waals surface area contributed by atoms with E-state index in [4.69, 9.17) is 28.6 Å². The Balaban J connectivity index is 1.84. The Bertz CT molecular complexity index is 433. The van der Waals surface area contributed by atoms with E-state index < -0.39 is 0 Å². The quantitative estimate of drug-likeness (QED) is 0.836. The van der Waals surface area contributed by atoms with Gasteiger partial charge in [-0.3, -0.25) is 0 Å². The molecular formula is C13H17ClN2OS. The van der Waals surface area contributed by atoms with Gasteiger partial charge >= 0.3 is 0 Å². The lowest BCUT2D eigenvalue weighted by Gasteiger charge is -2.15.